The summed E-state index contributed by atoms with van der Waals surface area (Å²) < 4.78 is 16.5. The average Bonchev–Trinajstić information content (AvgIpc) is 3.23. The molecule has 0 radical (unpaired) electrons. The van der Waals surface area contributed by atoms with E-state index in [2.05, 4.69) is 15.0 Å². The number of carbonyl (C=O) groups excluding carboxylic acids is 1. The van der Waals surface area contributed by atoms with Crippen molar-refractivity contribution in [2.24, 2.45) is 0 Å². The van der Waals surface area contributed by atoms with Crippen molar-refractivity contribution in [3.63, 3.8) is 0 Å². The molecule has 3 aromatic heterocycles. The summed E-state index contributed by atoms with van der Waals surface area (Å²) >= 11 is 0. The molecule has 3 heterocycles. The van der Waals surface area contributed by atoms with Gasteiger partial charge in [0.2, 0.25) is 11.8 Å². The summed E-state index contributed by atoms with van der Waals surface area (Å²) in [5.41, 5.74) is 2.72. The SMILES string of the molecule is Cc1ccc(-c2nc(COC(=O)c3cccnc3Oc3cccnc3)co2)cc1. The van der Waals surface area contributed by atoms with Crippen LogP contribution in [0.3, 0.4) is 0 Å². The molecule has 0 unspecified atom stereocenters. The lowest BCUT2D eigenvalue weighted by Crippen LogP contribution is -2.08. The van der Waals surface area contributed by atoms with E-state index in [1.807, 2.05) is 31.2 Å². The molecule has 0 atom stereocenters. The number of aryl methyl sites for hydroxylation is 1. The Kier molecular flexibility index (Phi) is 5.29. The molecule has 29 heavy (non-hydrogen) atoms. The number of carbonyl (C=O) groups is 1. The average molecular weight is 387 g/mol. The van der Waals surface area contributed by atoms with Crippen LogP contribution in [-0.2, 0) is 11.3 Å². The van der Waals surface area contributed by atoms with Gasteiger partial charge in [-0.25, -0.2) is 14.8 Å². The van der Waals surface area contributed by atoms with Gasteiger partial charge in [0.15, 0.2) is 0 Å². The van der Waals surface area contributed by atoms with E-state index in [4.69, 9.17) is 13.9 Å². The summed E-state index contributed by atoms with van der Waals surface area (Å²) in [5, 5.41) is 0. The normalized spacial score (nSPS) is 10.5. The Morgan fingerprint density at radius 2 is 1.90 bits per heavy atom. The molecule has 4 aromatic rings. The van der Waals surface area contributed by atoms with E-state index in [0.717, 1.165) is 11.1 Å². The van der Waals surface area contributed by atoms with Crippen LogP contribution in [0.15, 0.2) is 77.8 Å². The molecule has 0 fully saturated rings. The number of oxazole rings is 1. The molecule has 0 amide bonds. The molecule has 0 aliphatic carbocycles. The maximum Gasteiger partial charge on any atom is 0.344 e. The molecular weight excluding hydrogens is 370 g/mol. The quantitative estimate of drug-likeness (QED) is 0.447. The zero-order valence-electron chi connectivity index (χ0n) is 15.6. The van der Waals surface area contributed by atoms with Gasteiger partial charge in [0.1, 0.15) is 29.9 Å². The van der Waals surface area contributed by atoms with E-state index in [9.17, 15) is 4.79 Å². The van der Waals surface area contributed by atoms with Gasteiger partial charge in [-0.1, -0.05) is 17.7 Å². The molecule has 7 nitrogen and oxygen atoms in total. The second kappa shape index (κ2) is 8.35. The zero-order chi connectivity index (χ0) is 20.1. The Labute approximate surface area is 167 Å². The van der Waals surface area contributed by atoms with Crippen LogP contribution in [0, 0.1) is 6.92 Å². The van der Waals surface area contributed by atoms with Crippen molar-refractivity contribution >= 4 is 5.97 Å². The fraction of sp³-hybridized carbons (Fsp3) is 0.0909. The highest BCUT2D eigenvalue weighted by atomic mass is 16.5. The van der Waals surface area contributed by atoms with Crippen molar-refractivity contribution in [3.8, 4) is 23.1 Å². The first kappa shape index (κ1) is 18.4. The number of esters is 1. The van der Waals surface area contributed by atoms with Crippen LogP contribution < -0.4 is 4.74 Å². The van der Waals surface area contributed by atoms with E-state index in [-0.39, 0.29) is 18.1 Å². The second-order valence-electron chi connectivity index (χ2n) is 6.23. The molecular formula is C22H17N3O4. The van der Waals surface area contributed by atoms with E-state index in [1.165, 1.54) is 18.7 Å². The molecule has 0 saturated heterocycles. The maximum atomic E-state index is 12.5. The number of benzene rings is 1. The Balaban J connectivity index is 1.43. The molecule has 1 aromatic carbocycles. The van der Waals surface area contributed by atoms with Crippen molar-refractivity contribution in [1.82, 2.24) is 15.0 Å². The molecule has 7 heteroatoms. The lowest BCUT2D eigenvalue weighted by Gasteiger charge is -2.08. The fourth-order valence-electron chi connectivity index (χ4n) is 2.57. The summed E-state index contributed by atoms with van der Waals surface area (Å²) in [6.07, 6.45) is 6.17. The molecule has 144 valence electrons. The number of hydrogen-bond acceptors (Lipinski definition) is 7. The first-order valence-corrected chi connectivity index (χ1v) is 8.90. The van der Waals surface area contributed by atoms with Gasteiger partial charge in [0.05, 0.1) is 6.20 Å². The topological polar surface area (TPSA) is 87.3 Å². The predicted molar refractivity (Wildman–Crippen MR) is 104 cm³/mol. The third-order valence-corrected chi connectivity index (χ3v) is 4.04. The number of ether oxygens (including phenoxy) is 2. The van der Waals surface area contributed by atoms with Crippen LogP contribution >= 0.6 is 0 Å². The highest BCUT2D eigenvalue weighted by Gasteiger charge is 2.17. The molecule has 0 saturated carbocycles. The van der Waals surface area contributed by atoms with E-state index < -0.39 is 5.97 Å². The van der Waals surface area contributed by atoms with Crippen molar-refractivity contribution in [2.75, 3.05) is 0 Å². The van der Waals surface area contributed by atoms with Crippen LogP contribution in [0.1, 0.15) is 21.6 Å². The molecule has 0 aliphatic heterocycles. The van der Waals surface area contributed by atoms with E-state index in [1.54, 1.807) is 30.5 Å². The fourth-order valence-corrected chi connectivity index (χ4v) is 2.57. The minimum Gasteiger partial charge on any atom is -0.455 e. The van der Waals surface area contributed by atoms with Gasteiger partial charge in [-0.3, -0.25) is 4.98 Å². The first-order chi connectivity index (χ1) is 14.2. The zero-order valence-corrected chi connectivity index (χ0v) is 15.6. The van der Waals surface area contributed by atoms with Crippen LogP contribution in [0.5, 0.6) is 11.6 Å². The molecule has 0 N–H and O–H groups in total. The Morgan fingerprint density at radius 3 is 2.69 bits per heavy atom. The molecule has 0 bridgehead atoms. The van der Waals surface area contributed by atoms with Crippen molar-refractivity contribution in [1.29, 1.82) is 0 Å². The van der Waals surface area contributed by atoms with Gasteiger partial charge >= 0.3 is 5.97 Å². The number of rotatable bonds is 6. The van der Waals surface area contributed by atoms with Gasteiger partial charge in [0, 0.05) is 18.0 Å². The summed E-state index contributed by atoms with van der Waals surface area (Å²) in [6.45, 7) is 1.98. The smallest absolute Gasteiger partial charge is 0.344 e. The van der Waals surface area contributed by atoms with Crippen LogP contribution in [-0.4, -0.2) is 20.9 Å². The predicted octanol–water partition coefficient (Wildman–Crippen LogP) is 4.59. The van der Waals surface area contributed by atoms with Crippen LogP contribution in [0.25, 0.3) is 11.5 Å². The van der Waals surface area contributed by atoms with Crippen molar-refractivity contribution < 1.29 is 18.7 Å². The van der Waals surface area contributed by atoms with Crippen molar-refractivity contribution in [3.05, 3.63) is 90.2 Å². The third-order valence-electron chi connectivity index (χ3n) is 4.04. The first-order valence-electron chi connectivity index (χ1n) is 8.90. The highest BCUT2D eigenvalue weighted by Crippen LogP contribution is 2.23. The van der Waals surface area contributed by atoms with Gasteiger partial charge in [0.25, 0.3) is 0 Å². The maximum absolute atomic E-state index is 12.5. The number of pyridine rings is 2. The lowest BCUT2D eigenvalue weighted by molar-refractivity contribution is 0.0464. The lowest BCUT2D eigenvalue weighted by atomic mass is 10.1. The van der Waals surface area contributed by atoms with Crippen LogP contribution in [0.4, 0.5) is 0 Å². The summed E-state index contributed by atoms with van der Waals surface area (Å²) in [5.74, 6) is 0.514. The van der Waals surface area contributed by atoms with E-state index >= 15 is 0 Å². The molecule has 0 aliphatic rings. The Bertz CT molecular complexity index is 1110. The Hall–Kier alpha value is -4.00. The minimum atomic E-state index is -0.572. The number of hydrogen-bond donors (Lipinski definition) is 0. The Morgan fingerprint density at radius 1 is 1.07 bits per heavy atom. The van der Waals surface area contributed by atoms with Crippen LogP contribution in [0.2, 0.25) is 0 Å². The minimum absolute atomic E-state index is 0.0323. The molecule has 0 spiro atoms. The largest absolute Gasteiger partial charge is 0.455 e. The summed E-state index contributed by atoms with van der Waals surface area (Å²) in [7, 11) is 0. The summed E-state index contributed by atoms with van der Waals surface area (Å²) in [6, 6.07) is 14.5. The summed E-state index contributed by atoms with van der Waals surface area (Å²) in [4.78, 5) is 25.0. The van der Waals surface area contributed by atoms with Gasteiger partial charge in [-0.2, -0.15) is 0 Å². The van der Waals surface area contributed by atoms with Gasteiger partial charge < -0.3 is 13.9 Å². The number of nitrogens with zero attached hydrogens (tertiary/aromatic N) is 3. The third kappa shape index (κ3) is 4.47. The van der Waals surface area contributed by atoms with Crippen molar-refractivity contribution in [2.45, 2.75) is 13.5 Å². The standard InChI is InChI=1S/C22H17N3O4/c1-15-6-8-16(9-7-15)20-25-17(13-27-20)14-28-22(26)19-5-3-11-24-21(19)29-18-4-2-10-23-12-18/h2-13H,14H2,1H3. The van der Waals surface area contributed by atoms with Gasteiger partial charge in [-0.05, 0) is 43.3 Å². The highest BCUT2D eigenvalue weighted by molar-refractivity contribution is 5.91. The monoisotopic (exact) mass is 387 g/mol. The van der Waals surface area contributed by atoms with Gasteiger partial charge in [-0.15, -0.1) is 0 Å². The number of aromatic nitrogens is 3. The second-order valence-corrected chi connectivity index (χ2v) is 6.23. The molecule has 4 rings (SSSR count). The van der Waals surface area contributed by atoms with E-state index in [0.29, 0.717) is 17.3 Å².